The topological polar surface area (TPSA) is 82.2 Å². The zero-order chi connectivity index (χ0) is 24.4. The van der Waals surface area contributed by atoms with Crippen LogP contribution in [0.1, 0.15) is 76.7 Å². The van der Waals surface area contributed by atoms with E-state index in [1.807, 2.05) is 30.5 Å². The van der Waals surface area contributed by atoms with Gasteiger partial charge in [0.25, 0.3) is 0 Å². The molecule has 1 amide bonds. The summed E-state index contributed by atoms with van der Waals surface area (Å²) in [5.74, 6) is -1.19. The molecule has 0 bridgehead atoms. The Balaban J connectivity index is 1.55. The molecule has 0 saturated heterocycles. The number of nitrogens with one attached hydrogen (secondary N) is 2. The van der Waals surface area contributed by atoms with Crippen molar-refractivity contribution >= 4 is 22.8 Å². The Kier molecular flexibility index (Phi) is 13.2. The molecule has 3 N–H and O–H groups in total. The molecule has 1 aromatic heterocycles. The molecule has 0 fully saturated rings. The van der Waals surface area contributed by atoms with Crippen LogP contribution in [0.2, 0.25) is 0 Å². The number of carbonyl (C=O) groups excluding carboxylic acids is 1. The van der Waals surface area contributed by atoms with Crippen LogP contribution in [0.3, 0.4) is 0 Å². The van der Waals surface area contributed by atoms with Crippen LogP contribution < -0.4 is 5.32 Å². The van der Waals surface area contributed by atoms with Crippen molar-refractivity contribution in [1.82, 2.24) is 10.3 Å². The highest BCUT2D eigenvalue weighted by Crippen LogP contribution is 2.19. The number of hydrogen-bond donors (Lipinski definition) is 3. The molecule has 0 saturated carbocycles. The molecular weight excluding hydrogens is 424 g/mol. The van der Waals surface area contributed by atoms with Gasteiger partial charge in [-0.05, 0) is 50.2 Å². The predicted octanol–water partition coefficient (Wildman–Crippen LogP) is 6.87. The molecule has 1 atom stereocenters. The van der Waals surface area contributed by atoms with E-state index in [0.29, 0.717) is 6.42 Å². The maximum Gasteiger partial charge on any atom is 0.326 e. The Morgan fingerprint density at radius 3 is 2.38 bits per heavy atom. The van der Waals surface area contributed by atoms with E-state index >= 15 is 0 Å². The van der Waals surface area contributed by atoms with Gasteiger partial charge in [0, 0.05) is 29.9 Å². The molecule has 5 heteroatoms. The first kappa shape index (κ1) is 27.2. The number of benzene rings is 1. The first-order chi connectivity index (χ1) is 16.6. The molecular formula is C29H40N2O3. The zero-order valence-electron chi connectivity index (χ0n) is 20.5. The summed E-state index contributed by atoms with van der Waals surface area (Å²) >= 11 is 0. The number of unbranched alkanes of at least 4 members (excludes halogenated alkanes) is 5. The summed E-state index contributed by atoms with van der Waals surface area (Å²) in [5.41, 5.74) is 1.87. The van der Waals surface area contributed by atoms with Gasteiger partial charge in [-0.3, -0.25) is 4.79 Å². The van der Waals surface area contributed by atoms with Gasteiger partial charge < -0.3 is 15.4 Å². The van der Waals surface area contributed by atoms with Crippen molar-refractivity contribution in [1.29, 1.82) is 0 Å². The van der Waals surface area contributed by atoms with Gasteiger partial charge in [0.15, 0.2) is 0 Å². The minimum absolute atomic E-state index is 0.187. The second kappa shape index (κ2) is 16.5. The van der Waals surface area contributed by atoms with Crippen molar-refractivity contribution in [2.45, 2.75) is 83.6 Å². The Bertz CT molecular complexity index is 955. The smallest absolute Gasteiger partial charge is 0.326 e. The zero-order valence-corrected chi connectivity index (χ0v) is 20.5. The van der Waals surface area contributed by atoms with E-state index in [4.69, 9.17) is 0 Å². The lowest BCUT2D eigenvalue weighted by Gasteiger charge is -2.14. The second-order valence-corrected chi connectivity index (χ2v) is 8.62. The summed E-state index contributed by atoms with van der Waals surface area (Å²) in [6.07, 6.45) is 25.1. The number of H-pyrrole nitrogens is 1. The lowest BCUT2D eigenvalue weighted by molar-refractivity contribution is -0.141. The molecule has 0 aliphatic rings. The fourth-order valence-electron chi connectivity index (χ4n) is 3.89. The number of hydrogen-bond acceptors (Lipinski definition) is 2. The number of carbonyl (C=O) groups is 2. The number of fused-ring (bicyclic) bond motifs is 1. The number of aromatic nitrogens is 1. The second-order valence-electron chi connectivity index (χ2n) is 8.62. The molecule has 34 heavy (non-hydrogen) atoms. The van der Waals surface area contributed by atoms with Gasteiger partial charge in [-0.25, -0.2) is 4.79 Å². The van der Waals surface area contributed by atoms with E-state index in [9.17, 15) is 14.7 Å². The van der Waals surface area contributed by atoms with Crippen LogP contribution in [-0.4, -0.2) is 28.0 Å². The lowest BCUT2D eigenvalue weighted by Crippen LogP contribution is -2.42. The van der Waals surface area contributed by atoms with Gasteiger partial charge in [-0.1, -0.05) is 80.8 Å². The van der Waals surface area contributed by atoms with E-state index in [1.54, 1.807) is 0 Å². The Morgan fingerprint density at radius 1 is 0.941 bits per heavy atom. The molecule has 2 rings (SSSR count). The third kappa shape index (κ3) is 10.7. The summed E-state index contributed by atoms with van der Waals surface area (Å²) in [5, 5.41) is 13.3. The van der Waals surface area contributed by atoms with Crippen LogP contribution in [0.25, 0.3) is 10.9 Å². The minimum Gasteiger partial charge on any atom is -0.480 e. The number of allylic oxidation sites excluding steroid dienone is 6. The molecule has 2 aromatic rings. The van der Waals surface area contributed by atoms with Crippen molar-refractivity contribution in [3.63, 3.8) is 0 Å². The van der Waals surface area contributed by atoms with Crippen molar-refractivity contribution < 1.29 is 14.7 Å². The number of aliphatic carboxylic acids is 1. The fourth-order valence-corrected chi connectivity index (χ4v) is 3.89. The number of aromatic amines is 1. The van der Waals surface area contributed by atoms with E-state index in [-0.39, 0.29) is 12.3 Å². The number of rotatable bonds is 17. The quantitative estimate of drug-likeness (QED) is 0.176. The third-order valence-electron chi connectivity index (χ3n) is 5.79. The molecule has 0 unspecified atom stereocenters. The number of para-hydroxylation sites is 1. The van der Waals surface area contributed by atoms with Crippen LogP contribution in [0.15, 0.2) is 66.9 Å². The van der Waals surface area contributed by atoms with Gasteiger partial charge in [-0.2, -0.15) is 0 Å². The SMILES string of the molecule is CC/C=C\C/C=C\C/C=C\CCCCCCCC(=O)N[C@@H](Cc1c[nH]c2ccccc12)C(=O)O. The average Bonchev–Trinajstić information content (AvgIpc) is 3.24. The molecule has 5 nitrogen and oxygen atoms in total. The van der Waals surface area contributed by atoms with Crippen LogP contribution >= 0.6 is 0 Å². The molecule has 0 aliphatic heterocycles. The molecule has 1 aromatic carbocycles. The highest BCUT2D eigenvalue weighted by Gasteiger charge is 2.21. The summed E-state index contributed by atoms with van der Waals surface area (Å²) in [6.45, 7) is 2.14. The highest BCUT2D eigenvalue weighted by atomic mass is 16.4. The van der Waals surface area contributed by atoms with Crippen LogP contribution in [-0.2, 0) is 16.0 Å². The normalized spacial score (nSPS) is 12.9. The van der Waals surface area contributed by atoms with E-state index < -0.39 is 12.0 Å². The average molecular weight is 465 g/mol. The Hall–Kier alpha value is -3.08. The highest BCUT2D eigenvalue weighted by molar-refractivity contribution is 5.86. The van der Waals surface area contributed by atoms with Gasteiger partial charge in [0.05, 0.1) is 0 Å². The summed E-state index contributed by atoms with van der Waals surface area (Å²) in [6, 6.07) is 6.86. The fraction of sp³-hybridized carbons (Fsp3) is 0.448. The summed E-state index contributed by atoms with van der Waals surface area (Å²) < 4.78 is 0. The standard InChI is InChI=1S/C29H40N2O3/c1-2-3-4-5-6-7-8-9-10-11-12-13-14-15-16-21-28(32)31-27(29(33)34)22-24-23-30-26-20-18-17-19-25(24)26/h3-4,6-7,9-10,17-20,23,27,30H,2,5,8,11-16,21-22H2,1H3,(H,31,32)(H,33,34)/b4-3-,7-6-,10-9-/t27-/m0/s1. The number of carboxylic acids is 1. The van der Waals surface area contributed by atoms with Crippen molar-refractivity contribution in [2.24, 2.45) is 0 Å². The third-order valence-corrected chi connectivity index (χ3v) is 5.79. The lowest BCUT2D eigenvalue weighted by atomic mass is 10.0. The van der Waals surface area contributed by atoms with Crippen molar-refractivity contribution in [2.75, 3.05) is 0 Å². The summed E-state index contributed by atoms with van der Waals surface area (Å²) in [4.78, 5) is 27.1. The first-order valence-corrected chi connectivity index (χ1v) is 12.6. The van der Waals surface area contributed by atoms with Crippen LogP contribution in [0.4, 0.5) is 0 Å². The maximum absolute atomic E-state index is 12.3. The maximum atomic E-state index is 12.3. The largest absolute Gasteiger partial charge is 0.480 e. The van der Waals surface area contributed by atoms with Gasteiger partial charge in [0.1, 0.15) is 6.04 Å². The van der Waals surface area contributed by atoms with E-state index in [1.165, 1.54) is 0 Å². The predicted molar refractivity (Wildman–Crippen MR) is 141 cm³/mol. The van der Waals surface area contributed by atoms with E-state index in [0.717, 1.165) is 74.3 Å². The van der Waals surface area contributed by atoms with Gasteiger partial charge in [-0.15, -0.1) is 0 Å². The Morgan fingerprint density at radius 2 is 1.62 bits per heavy atom. The minimum atomic E-state index is -1.00. The van der Waals surface area contributed by atoms with Crippen LogP contribution in [0, 0.1) is 0 Å². The first-order valence-electron chi connectivity index (χ1n) is 12.6. The number of carboxylic acid groups (broad SMARTS) is 1. The van der Waals surface area contributed by atoms with E-state index in [2.05, 4.69) is 53.7 Å². The van der Waals surface area contributed by atoms with Crippen LogP contribution in [0.5, 0.6) is 0 Å². The van der Waals surface area contributed by atoms with Gasteiger partial charge in [0.2, 0.25) is 5.91 Å². The van der Waals surface area contributed by atoms with Gasteiger partial charge >= 0.3 is 5.97 Å². The molecule has 0 radical (unpaired) electrons. The Labute approximate surface area is 204 Å². The monoisotopic (exact) mass is 464 g/mol. The van der Waals surface area contributed by atoms with Crippen molar-refractivity contribution in [3.8, 4) is 0 Å². The molecule has 1 heterocycles. The van der Waals surface area contributed by atoms with Crippen molar-refractivity contribution in [3.05, 3.63) is 72.5 Å². The molecule has 184 valence electrons. The number of amides is 1. The molecule has 0 aliphatic carbocycles. The summed E-state index contributed by atoms with van der Waals surface area (Å²) in [7, 11) is 0. The molecule has 0 spiro atoms.